The normalized spacial score (nSPS) is 17.2. The second kappa shape index (κ2) is 16.7. The Morgan fingerprint density at radius 2 is 0.837 bits per heavy atom. The minimum Gasteiger partial charge on any atom is -0.870 e. The van der Waals surface area contributed by atoms with Gasteiger partial charge in [-0.15, -0.1) is 0 Å². The van der Waals surface area contributed by atoms with E-state index in [9.17, 15) is 33.9 Å². The summed E-state index contributed by atoms with van der Waals surface area (Å²) in [6, 6.07) is 0. The molecule has 0 unspecified atom stereocenters. The first-order chi connectivity index (χ1) is 18.8. The van der Waals surface area contributed by atoms with Crippen molar-refractivity contribution in [2.75, 3.05) is 47.5 Å². The van der Waals surface area contributed by atoms with Crippen LogP contribution in [0.5, 0.6) is 0 Å². The van der Waals surface area contributed by atoms with Crippen molar-refractivity contribution < 1.29 is 81.9 Å². The number of carbonyl (C=O) groups excluding carboxylic acids is 5. The molecule has 0 aromatic rings. The van der Waals surface area contributed by atoms with E-state index in [0.717, 1.165) is 7.11 Å². The smallest absolute Gasteiger partial charge is 0.870 e. The third-order valence-corrected chi connectivity index (χ3v) is 6.68. The fraction of sp³-hybridized carbons (Fsp3) is 0.778. The van der Waals surface area contributed by atoms with Crippen molar-refractivity contribution >= 4 is 36.1 Å². The fourth-order valence-corrected chi connectivity index (χ4v) is 4.38. The molecule has 0 aromatic heterocycles. The minimum atomic E-state index is -1.56. The number of hydrogen-bond donors (Lipinski definition) is 1. The molecular weight excluding hydrogens is 567 g/mol. The van der Waals surface area contributed by atoms with Gasteiger partial charge in [-0.05, 0) is 67.2 Å². The molecule has 0 saturated carbocycles. The van der Waals surface area contributed by atoms with Crippen molar-refractivity contribution in [1.82, 2.24) is 9.80 Å². The average Bonchev–Trinajstić information content (AvgIpc) is 2.89. The van der Waals surface area contributed by atoms with Crippen molar-refractivity contribution in [3.8, 4) is 0 Å². The number of amides is 2. The van der Waals surface area contributed by atoms with Crippen LogP contribution < -0.4 is 18.9 Å². The molecule has 2 amide bonds. The summed E-state index contributed by atoms with van der Waals surface area (Å²) in [5, 5.41) is 9.27. The maximum absolute atomic E-state index is 12.0. The van der Waals surface area contributed by atoms with Crippen molar-refractivity contribution in [3.63, 3.8) is 0 Å². The monoisotopic (exact) mass is 612 g/mol. The number of esters is 3. The van der Waals surface area contributed by atoms with Gasteiger partial charge in [0.1, 0.15) is 11.2 Å². The van der Waals surface area contributed by atoms with E-state index in [1.807, 2.05) is 0 Å². The molecule has 0 aliphatic carbocycles. The minimum absolute atomic E-state index is 0. The van der Waals surface area contributed by atoms with Gasteiger partial charge in [0.15, 0.2) is 10.8 Å². The molecule has 0 atom stereocenters. The molecule has 2 aliphatic heterocycles. The van der Waals surface area contributed by atoms with Gasteiger partial charge in [0.05, 0.1) is 21.3 Å². The zero-order valence-electron chi connectivity index (χ0n) is 26.9. The number of piperidine rings is 2. The number of methoxy groups -OCH3 is 3. The van der Waals surface area contributed by atoms with Crippen LogP contribution in [-0.4, -0.2) is 115 Å². The van der Waals surface area contributed by atoms with Crippen molar-refractivity contribution in [2.24, 2.45) is 10.8 Å². The van der Waals surface area contributed by atoms with Gasteiger partial charge in [0.25, 0.3) is 0 Å². The standard InChI is InChI=1S/C14H23NO6.C13H21NO6.Li.H2O/c1-13(2,3)21-12(18)15-8-6-14(7-9-15,10(16)19-4)11(17)20-5;1-12(2,3)20-11(18)14-7-5-13(6-8-14,9(15)16)10(17)19-4;;/h6-9H2,1-5H3;5-8H2,1-4H3,(H,15,16);;1H2/q;;+1;/p-1. The quantitative estimate of drug-likeness (QED) is 0.183. The molecule has 2 aliphatic rings. The molecule has 15 nitrogen and oxygen atoms in total. The number of ether oxygens (including phenoxy) is 5. The Kier molecular flexibility index (Phi) is 16.4. The predicted octanol–water partition coefficient (Wildman–Crippen LogP) is -0.562. The predicted molar refractivity (Wildman–Crippen MR) is 145 cm³/mol. The molecular formula is C27H45LiN2O13. The van der Waals surface area contributed by atoms with E-state index in [0.29, 0.717) is 0 Å². The Morgan fingerprint density at radius 1 is 0.581 bits per heavy atom. The molecule has 2 rings (SSSR count). The van der Waals surface area contributed by atoms with Crippen molar-refractivity contribution in [3.05, 3.63) is 0 Å². The van der Waals surface area contributed by atoms with Crippen LogP contribution in [0.4, 0.5) is 9.59 Å². The van der Waals surface area contributed by atoms with Crippen molar-refractivity contribution in [1.29, 1.82) is 0 Å². The zero-order valence-corrected chi connectivity index (χ0v) is 26.9. The molecule has 2 heterocycles. The van der Waals surface area contributed by atoms with Crippen LogP contribution in [0.15, 0.2) is 0 Å². The fourth-order valence-electron chi connectivity index (χ4n) is 4.38. The van der Waals surface area contributed by atoms with Crippen LogP contribution >= 0.6 is 0 Å². The van der Waals surface area contributed by atoms with Gasteiger partial charge in [-0.1, -0.05) is 0 Å². The number of nitrogens with zero attached hydrogens (tertiary/aromatic N) is 2. The average molecular weight is 613 g/mol. The second-order valence-corrected chi connectivity index (χ2v) is 11.9. The third-order valence-electron chi connectivity index (χ3n) is 6.68. The van der Waals surface area contributed by atoms with Gasteiger partial charge < -0.3 is 44.1 Å². The molecule has 43 heavy (non-hydrogen) atoms. The van der Waals surface area contributed by atoms with E-state index >= 15 is 0 Å². The number of rotatable bonds is 4. The second-order valence-electron chi connectivity index (χ2n) is 11.9. The third kappa shape index (κ3) is 11.2. The molecule has 16 heteroatoms. The summed E-state index contributed by atoms with van der Waals surface area (Å²) in [6.07, 6.45) is -0.591. The first-order valence-corrected chi connectivity index (χ1v) is 13.2. The summed E-state index contributed by atoms with van der Waals surface area (Å²) in [6.45, 7) is 11.4. The maximum Gasteiger partial charge on any atom is 1.00 e. The van der Waals surface area contributed by atoms with Crippen LogP contribution in [0.2, 0.25) is 0 Å². The molecule has 0 aromatic carbocycles. The Hall–Kier alpha value is -3.02. The number of carboxylic acids is 1. The van der Waals surface area contributed by atoms with Crippen LogP contribution in [0, 0.1) is 10.8 Å². The molecule has 0 radical (unpaired) electrons. The van der Waals surface area contributed by atoms with E-state index in [1.54, 1.807) is 41.5 Å². The summed E-state index contributed by atoms with van der Waals surface area (Å²) < 4.78 is 24.5. The van der Waals surface area contributed by atoms with Gasteiger partial charge in [-0.2, -0.15) is 0 Å². The number of carbonyl (C=O) groups is 6. The van der Waals surface area contributed by atoms with Gasteiger partial charge >= 0.3 is 54.9 Å². The summed E-state index contributed by atoms with van der Waals surface area (Å²) in [5.74, 6) is -3.24. The van der Waals surface area contributed by atoms with E-state index in [2.05, 4.69) is 4.74 Å². The molecule has 2 N–H and O–H groups in total. The Balaban J connectivity index is 0. The van der Waals surface area contributed by atoms with Gasteiger partial charge in [0, 0.05) is 26.2 Å². The van der Waals surface area contributed by atoms with E-state index in [1.165, 1.54) is 24.0 Å². The number of aliphatic carboxylic acids is 1. The Labute approximate surface area is 264 Å². The number of carboxylic acid groups (broad SMARTS) is 1. The van der Waals surface area contributed by atoms with E-state index in [-0.39, 0.29) is 76.2 Å². The first-order valence-electron chi connectivity index (χ1n) is 13.2. The van der Waals surface area contributed by atoms with E-state index < -0.39 is 58.1 Å². The SMILES string of the molecule is COC(=O)C1(C(=O)O)CCN(C(=O)OC(C)(C)C)CC1.COC(=O)C1(C(=O)OC)CCN(C(=O)OC(C)(C)C)CC1.[Li+].[OH-]. The molecule has 2 saturated heterocycles. The van der Waals surface area contributed by atoms with Crippen LogP contribution in [0.3, 0.4) is 0 Å². The van der Waals surface area contributed by atoms with Crippen LogP contribution in [0.1, 0.15) is 67.2 Å². The first kappa shape index (κ1) is 42.1. The Bertz CT molecular complexity index is 970. The zero-order chi connectivity index (χ0) is 31.8. The largest absolute Gasteiger partial charge is 1.00 e. The van der Waals surface area contributed by atoms with Gasteiger partial charge in [0.2, 0.25) is 0 Å². The van der Waals surface area contributed by atoms with Crippen LogP contribution in [-0.2, 0) is 42.9 Å². The maximum atomic E-state index is 12.0. The summed E-state index contributed by atoms with van der Waals surface area (Å²) in [7, 11) is 3.62. The van der Waals surface area contributed by atoms with Crippen molar-refractivity contribution in [2.45, 2.75) is 78.4 Å². The molecule has 0 bridgehead atoms. The van der Waals surface area contributed by atoms with E-state index in [4.69, 9.17) is 18.9 Å². The Morgan fingerprint density at radius 3 is 1.07 bits per heavy atom. The molecule has 2 fully saturated rings. The van der Waals surface area contributed by atoms with Gasteiger partial charge in [-0.25, -0.2) is 9.59 Å². The molecule has 242 valence electrons. The number of hydrogen-bond acceptors (Lipinski definition) is 12. The summed E-state index contributed by atoms with van der Waals surface area (Å²) in [4.78, 5) is 73.7. The topological polar surface area (TPSA) is 205 Å². The van der Waals surface area contributed by atoms with Crippen LogP contribution in [0.25, 0.3) is 0 Å². The molecule has 0 spiro atoms. The number of likely N-dealkylation sites (tertiary alicyclic amines) is 2. The summed E-state index contributed by atoms with van der Waals surface area (Å²) >= 11 is 0. The van der Waals surface area contributed by atoms with Gasteiger partial charge in [-0.3, -0.25) is 19.2 Å². The summed E-state index contributed by atoms with van der Waals surface area (Å²) in [5.41, 5.74) is -4.09.